The van der Waals surface area contributed by atoms with Crippen molar-refractivity contribution in [2.45, 2.75) is 6.18 Å². The average molecular weight is 294 g/mol. The van der Waals surface area contributed by atoms with Crippen LogP contribution in [0.3, 0.4) is 0 Å². The summed E-state index contributed by atoms with van der Waals surface area (Å²) < 4.78 is 49.9. The Labute approximate surface area is 118 Å². The van der Waals surface area contributed by atoms with Crippen molar-refractivity contribution in [1.82, 2.24) is 0 Å². The van der Waals surface area contributed by atoms with Crippen LogP contribution < -0.4 is 0 Å². The molecule has 0 aliphatic heterocycles. The number of hydrogen-bond acceptors (Lipinski definition) is 1. The van der Waals surface area contributed by atoms with Gasteiger partial charge in [-0.15, -0.1) is 0 Å². The van der Waals surface area contributed by atoms with E-state index in [1.807, 2.05) is 0 Å². The Balaban J connectivity index is 2.11. The third-order valence-corrected chi connectivity index (χ3v) is 2.79. The molecule has 2 aromatic carbocycles. The number of ketones is 1. The highest BCUT2D eigenvalue weighted by Crippen LogP contribution is 2.29. The minimum atomic E-state index is -4.43. The van der Waals surface area contributed by atoms with Crippen LogP contribution in [0.15, 0.2) is 54.6 Å². The lowest BCUT2D eigenvalue weighted by molar-refractivity contribution is -0.137. The summed E-state index contributed by atoms with van der Waals surface area (Å²) in [4.78, 5) is 11.8. The molecule has 0 atom stereocenters. The van der Waals surface area contributed by atoms with E-state index >= 15 is 0 Å². The minimum absolute atomic E-state index is 0.154. The lowest BCUT2D eigenvalue weighted by atomic mass is 10.1. The number of carbonyl (C=O) groups excluding carboxylic acids is 1. The smallest absolute Gasteiger partial charge is 0.289 e. The van der Waals surface area contributed by atoms with Crippen molar-refractivity contribution in [3.63, 3.8) is 0 Å². The van der Waals surface area contributed by atoms with Crippen molar-refractivity contribution in [1.29, 1.82) is 0 Å². The van der Waals surface area contributed by atoms with Crippen LogP contribution >= 0.6 is 0 Å². The fourth-order valence-electron chi connectivity index (χ4n) is 1.67. The molecule has 0 aliphatic rings. The molecule has 108 valence electrons. The van der Waals surface area contributed by atoms with E-state index < -0.39 is 17.5 Å². The quantitative estimate of drug-likeness (QED) is 0.454. The number of rotatable bonds is 3. The zero-order chi connectivity index (χ0) is 15.5. The van der Waals surface area contributed by atoms with E-state index in [2.05, 4.69) is 0 Å². The van der Waals surface area contributed by atoms with E-state index in [4.69, 9.17) is 0 Å². The van der Waals surface area contributed by atoms with E-state index in [0.29, 0.717) is 5.56 Å². The Hall–Kier alpha value is -2.43. The van der Waals surface area contributed by atoms with Gasteiger partial charge in [-0.3, -0.25) is 4.79 Å². The Morgan fingerprint density at radius 1 is 0.905 bits per heavy atom. The number of allylic oxidation sites excluding steroid dienone is 1. The van der Waals surface area contributed by atoms with Gasteiger partial charge in [0.1, 0.15) is 5.82 Å². The van der Waals surface area contributed by atoms with Crippen molar-refractivity contribution < 1.29 is 22.4 Å². The zero-order valence-electron chi connectivity index (χ0n) is 10.7. The highest BCUT2D eigenvalue weighted by atomic mass is 19.4. The van der Waals surface area contributed by atoms with E-state index in [1.165, 1.54) is 36.4 Å². The van der Waals surface area contributed by atoms with Crippen LogP contribution in [0.1, 0.15) is 21.5 Å². The van der Waals surface area contributed by atoms with Crippen molar-refractivity contribution in [2.24, 2.45) is 0 Å². The van der Waals surface area contributed by atoms with Crippen molar-refractivity contribution in [3.05, 3.63) is 77.1 Å². The Morgan fingerprint density at radius 2 is 1.48 bits per heavy atom. The largest absolute Gasteiger partial charge is 0.416 e. The van der Waals surface area contributed by atoms with Gasteiger partial charge in [-0.1, -0.05) is 30.3 Å². The average Bonchev–Trinajstić information content (AvgIpc) is 2.45. The number of benzene rings is 2. The monoisotopic (exact) mass is 294 g/mol. The summed E-state index contributed by atoms with van der Waals surface area (Å²) in [7, 11) is 0. The molecule has 0 heterocycles. The van der Waals surface area contributed by atoms with E-state index in [1.54, 1.807) is 0 Å². The summed E-state index contributed by atoms with van der Waals surface area (Å²) in [6.45, 7) is 0. The SMILES string of the molecule is O=C(/C=C/c1ccc(F)cc1)c1ccc(C(F)(F)F)cc1. The number of carbonyl (C=O) groups is 1. The van der Waals surface area contributed by atoms with Crippen LogP contribution in [0.5, 0.6) is 0 Å². The third-order valence-electron chi connectivity index (χ3n) is 2.79. The molecule has 0 bridgehead atoms. The van der Waals surface area contributed by atoms with Gasteiger partial charge in [0.15, 0.2) is 5.78 Å². The first-order valence-corrected chi connectivity index (χ1v) is 6.01. The van der Waals surface area contributed by atoms with E-state index in [-0.39, 0.29) is 11.4 Å². The summed E-state index contributed by atoms with van der Waals surface area (Å²) in [5.41, 5.74) is -0.0282. The maximum atomic E-state index is 12.7. The van der Waals surface area contributed by atoms with Gasteiger partial charge in [-0.2, -0.15) is 13.2 Å². The molecule has 0 aromatic heterocycles. The normalized spacial score (nSPS) is 11.8. The Kier molecular flexibility index (Phi) is 4.21. The minimum Gasteiger partial charge on any atom is -0.289 e. The van der Waals surface area contributed by atoms with Crippen LogP contribution in [0.25, 0.3) is 6.08 Å². The molecule has 0 spiro atoms. The lowest BCUT2D eigenvalue weighted by Crippen LogP contribution is -2.05. The molecule has 0 unspecified atom stereocenters. The molecule has 2 rings (SSSR count). The zero-order valence-corrected chi connectivity index (χ0v) is 10.7. The number of alkyl halides is 3. The summed E-state index contributed by atoms with van der Waals surface area (Å²) in [6, 6.07) is 9.46. The number of hydrogen-bond donors (Lipinski definition) is 0. The van der Waals surface area contributed by atoms with E-state index in [0.717, 1.165) is 24.3 Å². The lowest BCUT2D eigenvalue weighted by Gasteiger charge is -2.06. The molecule has 0 N–H and O–H groups in total. The maximum Gasteiger partial charge on any atom is 0.416 e. The summed E-state index contributed by atoms with van der Waals surface area (Å²) in [5, 5.41) is 0. The van der Waals surface area contributed by atoms with Crippen molar-refractivity contribution in [2.75, 3.05) is 0 Å². The summed E-state index contributed by atoms with van der Waals surface area (Å²) >= 11 is 0. The highest BCUT2D eigenvalue weighted by molar-refractivity contribution is 6.06. The molecule has 21 heavy (non-hydrogen) atoms. The second-order valence-corrected chi connectivity index (χ2v) is 4.32. The van der Waals surface area contributed by atoms with Crippen LogP contribution in [0, 0.1) is 5.82 Å². The summed E-state index contributed by atoms with van der Waals surface area (Å²) in [6.07, 6.45) is -1.72. The molecule has 0 aliphatic carbocycles. The fraction of sp³-hybridized carbons (Fsp3) is 0.0625. The molecule has 5 heteroatoms. The molecular formula is C16H10F4O. The Bertz CT molecular complexity index is 652. The van der Waals surface area contributed by atoms with Gasteiger partial charge < -0.3 is 0 Å². The van der Waals surface area contributed by atoms with Gasteiger partial charge in [0.2, 0.25) is 0 Å². The standard InChI is InChI=1S/C16H10F4O/c17-14-8-1-11(2-9-14)3-10-15(21)12-4-6-13(7-5-12)16(18,19)20/h1-10H/b10-3+. The van der Waals surface area contributed by atoms with Gasteiger partial charge >= 0.3 is 6.18 Å². The Morgan fingerprint density at radius 3 is 2.00 bits per heavy atom. The molecule has 0 amide bonds. The topological polar surface area (TPSA) is 17.1 Å². The van der Waals surface area contributed by atoms with E-state index in [9.17, 15) is 22.4 Å². The third kappa shape index (κ3) is 4.02. The van der Waals surface area contributed by atoms with Gasteiger partial charge in [-0.05, 0) is 35.9 Å². The molecule has 0 fully saturated rings. The van der Waals surface area contributed by atoms with Crippen molar-refractivity contribution in [3.8, 4) is 0 Å². The van der Waals surface area contributed by atoms with Gasteiger partial charge in [0.05, 0.1) is 5.56 Å². The fourth-order valence-corrected chi connectivity index (χ4v) is 1.67. The molecule has 0 saturated carbocycles. The predicted molar refractivity (Wildman–Crippen MR) is 71.2 cm³/mol. The van der Waals surface area contributed by atoms with Gasteiger partial charge in [-0.25, -0.2) is 4.39 Å². The predicted octanol–water partition coefficient (Wildman–Crippen LogP) is 4.74. The second kappa shape index (κ2) is 5.91. The van der Waals surface area contributed by atoms with Gasteiger partial charge in [0, 0.05) is 5.56 Å². The van der Waals surface area contributed by atoms with Crippen LogP contribution in [-0.2, 0) is 6.18 Å². The van der Waals surface area contributed by atoms with Gasteiger partial charge in [0.25, 0.3) is 0 Å². The van der Waals surface area contributed by atoms with Crippen LogP contribution in [0.4, 0.5) is 17.6 Å². The van der Waals surface area contributed by atoms with Crippen LogP contribution in [-0.4, -0.2) is 5.78 Å². The summed E-state index contributed by atoms with van der Waals surface area (Å²) in [5.74, 6) is -0.811. The highest BCUT2D eigenvalue weighted by Gasteiger charge is 2.30. The second-order valence-electron chi connectivity index (χ2n) is 4.32. The molecule has 2 aromatic rings. The first-order chi connectivity index (χ1) is 9.86. The molecule has 1 nitrogen and oxygen atoms in total. The maximum absolute atomic E-state index is 12.7. The molecular weight excluding hydrogens is 284 g/mol. The number of halogens is 4. The first-order valence-electron chi connectivity index (χ1n) is 6.01. The van der Waals surface area contributed by atoms with Crippen molar-refractivity contribution >= 4 is 11.9 Å². The molecule has 0 saturated heterocycles. The molecule has 0 radical (unpaired) electrons. The first kappa shape index (κ1) is 15.0. The van der Waals surface area contributed by atoms with Crippen LogP contribution in [0.2, 0.25) is 0 Å².